The number of aliphatic imine (C=N–C) groups is 1. The molecule has 1 aliphatic heterocycles. The average Bonchev–Trinajstić information content (AvgIpc) is 3.18. The van der Waals surface area contributed by atoms with E-state index in [2.05, 4.69) is 15.6 Å². The summed E-state index contributed by atoms with van der Waals surface area (Å²) in [4.78, 5) is 4.24. The van der Waals surface area contributed by atoms with Gasteiger partial charge in [0.15, 0.2) is 17.5 Å². The smallest absolute Gasteiger partial charge is 0.195 e. The predicted molar refractivity (Wildman–Crippen MR) is 119 cm³/mol. The molecule has 0 saturated carbocycles. The second-order valence-corrected chi connectivity index (χ2v) is 5.99. The molecule has 2 rings (SSSR count). The summed E-state index contributed by atoms with van der Waals surface area (Å²) in [6.07, 6.45) is 3.45. The van der Waals surface area contributed by atoms with Crippen LogP contribution in [0, 0.1) is 0 Å². The molecule has 7 nitrogen and oxygen atoms in total. The summed E-state index contributed by atoms with van der Waals surface area (Å²) in [7, 11) is 3.38. The van der Waals surface area contributed by atoms with Crippen molar-refractivity contribution in [3.63, 3.8) is 0 Å². The van der Waals surface area contributed by atoms with E-state index >= 15 is 0 Å². The molecular weight excluding hydrogens is 461 g/mol. The third-order valence-corrected chi connectivity index (χ3v) is 4.04. The van der Waals surface area contributed by atoms with Crippen LogP contribution in [0.2, 0.25) is 0 Å². The van der Waals surface area contributed by atoms with Crippen molar-refractivity contribution in [2.45, 2.75) is 32.3 Å². The Morgan fingerprint density at radius 2 is 2.19 bits per heavy atom. The van der Waals surface area contributed by atoms with Crippen molar-refractivity contribution in [3.05, 3.63) is 18.2 Å². The molecule has 1 fully saturated rings. The Morgan fingerprint density at radius 1 is 1.33 bits per heavy atom. The fourth-order valence-electron chi connectivity index (χ4n) is 2.71. The molecule has 8 heteroatoms. The highest BCUT2D eigenvalue weighted by molar-refractivity contribution is 14.0. The minimum Gasteiger partial charge on any atom is -0.493 e. The van der Waals surface area contributed by atoms with E-state index in [-0.39, 0.29) is 30.1 Å². The van der Waals surface area contributed by atoms with Crippen LogP contribution < -0.4 is 20.1 Å². The molecule has 1 saturated heterocycles. The van der Waals surface area contributed by atoms with Gasteiger partial charge in [0.05, 0.1) is 26.4 Å². The predicted octanol–water partition coefficient (Wildman–Crippen LogP) is 3.28. The molecule has 2 N–H and O–H groups in total. The number of guanidine groups is 1. The minimum atomic E-state index is 0. The van der Waals surface area contributed by atoms with Crippen LogP contribution in [0.1, 0.15) is 26.2 Å². The van der Waals surface area contributed by atoms with Crippen molar-refractivity contribution in [1.29, 1.82) is 0 Å². The first-order valence-electron chi connectivity index (χ1n) is 9.24. The zero-order valence-electron chi connectivity index (χ0n) is 16.5. The van der Waals surface area contributed by atoms with Crippen LogP contribution in [0.5, 0.6) is 11.5 Å². The average molecular weight is 493 g/mol. The molecule has 0 radical (unpaired) electrons. The molecule has 1 aromatic carbocycles. The normalized spacial score (nSPS) is 16.6. The highest BCUT2D eigenvalue weighted by atomic mass is 127. The first-order chi connectivity index (χ1) is 12.8. The lowest BCUT2D eigenvalue weighted by Crippen LogP contribution is -2.32. The van der Waals surface area contributed by atoms with E-state index in [9.17, 15) is 0 Å². The number of hydrogen-bond acceptors (Lipinski definition) is 5. The lowest BCUT2D eigenvalue weighted by molar-refractivity contribution is 0.0168. The maximum absolute atomic E-state index is 5.66. The van der Waals surface area contributed by atoms with Gasteiger partial charge in [-0.2, -0.15) is 0 Å². The van der Waals surface area contributed by atoms with Gasteiger partial charge in [-0.1, -0.05) is 0 Å². The summed E-state index contributed by atoms with van der Waals surface area (Å²) in [5, 5.41) is 6.53. The summed E-state index contributed by atoms with van der Waals surface area (Å²) < 4.78 is 22.1. The molecule has 1 unspecified atom stereocenters. The number of rotatable bonds is 10. The van der Waals surface area contributed by atoms with Crippen LogP contribution in [-0.4, -0.2) is 59.2 Å². The standard InChI is InChI=1S/C19H31N3O4.HI/c1-4-25-17-9-8-15(13-18(17)23-3)22-19(20-2)21-10-6-11-24-14-16-7-5-12-26-16;/h8-9,13,16H,4-7,10-12,14H2,1-3H3,(H2,20,21,22);1H. The van der Waals surface area contributed by atoms with E-state index in [0.29, 0.717) is 31.5 Å². The topological polar surface area (TPSA) is 73.3 Å². The molecule has 0 aliphatic carbocycles. The molecule has 1 aliphatic rings. The largest absolute Gasteiger partial charge is 0.493 e. The molecule has 1 atom stereocenters. The highest BCUT2D eigenvalue weighted by Gasteiger charge is 2.14. The van der Waals surface area contributed by atoms with Gasteiger partial charge in [0.25, 0.3) is 0 Å². The maximum Gasteiger partial charge on any atom is 0.195 e. The lowest BCUT2D eigenvalue weighted by Gasteiger charge is -2.15. The lowest BCUT2D eigenvalue weighted by atomic mass is 10.2. The maximum atomic E-state index is 5.66. The molecule has 0 spiro atoms. The third-order valence-electron chi connectivity index (χ3n) is 4.04. The zero-order chi connectivity index (χ0) is 18.6. The van der Waals surface area contributed by atoms with Crippen LogP contribution >= 0.6 is 24.0 Å². The van der Waals surface area contributed by atoms with Gasteiger partial charge in [0.1, 0.15) is 0 Å². The van der Waals surface area contributed by atoms with E-state index in [1.54, 1.807) is 14.2 Å². The fourth-order valence-corrected chi connectivity index (χ4v) is 2.71. The Morgan fingerprint density at radius 3 is 2.85 bits per heavy atom. The number of nitrogens with zero attached hydrogens (tertiary/aromatic N) is 1. The molecule has 0 bridgehead atoms. The molecule has 0 aromatic heterocycles. The van der Waals surface area contributed by atoms with Gasteiger partial charge in [0.2, 0.25) is 0 Å². The highest BCUT2D eigenvalue weighted by Crippen LogP contribution is 2.30. The van der Waals surface area contributed by atoms with Crippen LogP contribution in [-0.2, 0) is 9.47 Å². The van der Waals surface area contributed by atoms with Crippen molar-refractivity contribution in [1.82, 2.24) is 5.32 Å². The van der Waals surface area contributed by atoms with Crippen molar-refractivity contribution < 1.29 is 18.9 Å². The van der Waals surface area contributed by atoms with Gasteiger partial charge < -0.3 is 29.6 Å². The van der Waals surface area contributed by atoms with Crippen LogP contribution in [0.15, 0.2) is 23.2 Å². The second kappa shape index (κ2) is 13.8. The Labute approximate surface area is 179 Å². The minimum absolute atomic E-state index is 0. The number of ether oxygens (including phenoxy) is 4. The number of nitrogens with one attached hydrogen (secondary N) is 2. The van der Waals surface area contributed by atoms with Crippen molar-refractivity contribution in [3.8, 4) is 11.5 Å². The second-order valence-electron chi connectivity index (χ2n) is 5.99. The van der Waals surface area contributed by atoms with Gasteiger partial charge in [-0.15, -0.1) is 24.0 Å². The first-order valence-corrected chi connectivity index (χ1v) is 9.24. The van der Waals surface area contributed by atoms with Crippen molar-refractivity contribution >= 4 is 35.6 Å². The van der Waals surface area contributed by atoms with Crippen LogP contribution in [0.4, 0.5) is 5.69 Å². The van der Waals surface area contributed by atoms with E-state index in [4.69, 9.17) is 18.9 Å². The quantitative estimate of drug-likeness (QED) is 0.226. The van der Waals surface area contributed by atoms with E-state index < -0.39 is 0 Å². The van der Waals surface area contributed by atoms with Gasteiger partial charge in [-0.05, 0) is 38.3 Å². The van der Waals surface area contributed by atoms with Gasteiger partial charge in [-0.25, -0.2) is 0 Å². The Hall–Kier alpha value is -1.26. The Kier molecular flexibility index (Phi) is 12.2. The van der Waals surface area contributed by atoms with Gasteiger partial charge >= 0.3 is 0 Å². The van der Waals surface area contributed by atoms with E-state index in [0.717, 1.165) is 43.9 Å². The zero-order valence-corrected chi connectivity index (χ0v) is 18.8. The summed E-state index contributed by atoms with van der Waals surface area (Å²) in [6.45, 7) is 5.59. The van der Waals surface area contributed by atoms with Crippen LogP contribution in [0.25, 0.3) is 0 Å². The van der Waals surface area contributed by atoms with Crippen molar-refractivity contribution in [2.75, 3.05) is 52.4 Å². The third kappa shape index (κ3) is 8.52. The van der Waals surface area contributed by atoms with Crippen molar-refractivity contribution in [2.24, 2.45) is 4.99 Å². The summed E-state index contributed by atoms with van der Waals surface area (Å²) in [5.74, 6) is 2.12. The SMILES string of the molecule is CCOc1ccc(NC(=NC)NCCCOCC2CCCO2)cc1OC.I. The summed E-state index contributed by atoms with van der Waals surface area (Å²) in [5.41, 5.74) is 0.882. The number of hydrogen-bond donors (Lipinski definition) is 2. The fraction of sp³-hybridized carbons (Fsp3) is 0.632. The summed E-state index contributed by atoms with van der Waals surface area (Å²) >= 11 is 0. The van der Waals surface area contributed by atoms with E-state index in [1.165, 1.54) is 0 Å². The van der Waals surface area contributed by atoms with Crippen LogP contribution in [0.3, 0.4) is 0 Å². The molecule has 27 heavy (non-hydrogen) atoms. The molecular formula is C19H32IN3O4. The number of halogens is 1. The molecule has 154 valence electrons. The number of methoxy groups -OCH3 is 1. The summed E-state index contributed by atoms with van der Waals surface area (Å²) in [6, 6.07) is 5.71. The Bertz CT molecular complexity index is 566. The Balaban J connectivity index is 0.00000364. The van der Waals surface area contributed by atoms with Gasteiger partial charge in [-0.3, -0.25) is 4.99 Å². The van der Waals surface area contributed by atoms with E-state index in [1.807, 2.05) is 25.1 Å². The molecule has 1 aromatic rings. The molecule has 0 amide bonds. The first kappa shape index (κ1) is 23.8. The number of benzene rings is 1. The van der Waals surface area contributed by atoms with Gasteiger partial charge in [0, 0.05) is 38.6 Å². The monoisotopic (exact) mass is 493 g/mol. The molecule has 1 heterocycles. The number of anilines is 1.